The predicted octanol–water partition coefficient (Wildman–Crippen LogP) is 2.87. The van der Waals surface area contributed by atoms with Crippen molar-refractivity contribution in [1.82, 2.24) is 0 Å². The second kappa shape index (κ2) is 6.27. The maximum atomic E-state index is 11.5. The molecule has 0 aromatic heterocycles. The van der Waals surface area contributed by atoms with E-state index < -0.39 is 0 Å². The molecule has 2 N–H and O–H groups in total. The summed E-state index contributed by atoms with van der Waals surface area (Å²) in [4.78, 5) is 11.5. The van der Waals surface area contributed by atoms with E-state index in [1.807, 2.05) is 12.1 Å². The van der Waals surface area contributed by atoms with E-state index in [0.717, 1.165) is 31.4 Å². The summed E-state index contributed by atoms with van der Waals surface area (Å²) in [7, 11) is 3.11. The van der Waals surface area contributed by atoms with E-state index >= 15 is 0 Å². The Morgan fingerprint density at radius 3 is 2.35 bits per heavy atom. The Balaban J connectivity index is 1.99. The monoisotopic (exact) mass is 277 g/mol. The number of carbonyl (C=O) groups is 1. The molecule has 0 atom stereocenters. The quantitative estimate of drug-likeness (QED) is 0.679. The topological polar surface area (TPSA) is 61.5 Å². The second-order valence-corrected chi connectivity index (χ2v) is 5.58. The Morgan fingerprint density at radius 2 is 1.85 bits per heavy atom. The van der Waals surface area contributed by atoms with Gasteiger partial charge in [-0.15, -0.1) is 0 Å². The first-order chi connectivity index (χ1) is 9.58. The molecule has 1 aliphatic rings. The van der Waals surface area contributed by atoms with Gasteiger partial charge in [-0.25, -0.2) is 0 Å². The highest BCUT2D eigenvalue weighted by Gasteiger charge is 2.38. The van der Waals surface area contributed by atoms with Gasteiger partial charge in [0.25, 0.3) is 0 Å². The van der Waals surface area contributed by atoms with Crippen LogP contribution >= 0.6 is 0 Å². The molecule has 1 saturated carbocycles. The fraction of sp³-hybridized carbons (Fsp3) is 0.562. The molecule has 0 bridgehead atoms. The number of benzene rings is 1. The van der Waals surface area contributed by atoms with Crippen molar-refractivity contribution in [3.63, 3.8) is 0 Å². The number of nitrogens with two attached hydrogens (primary N) is 1. The molecular weight excluding hydrogens is 254 g/mol. The van der Waals surface area contributed by atoms with Crippen LogP contribution in [-0.2, 0) is 14.3 Å². The zero-order valence-corrected chi connectivity index (χ0v) is 12.2. The van der Waals surface area contributed by atoms with Crippen LogP contribution in [0.2, 0.25) is 0 Å². The van der Waals surface area contributed by atoms with Gasteiger partial charge in [0, 0.05) is 12.8 Å². The van der Waals surface area contributed by atoms with Gasteiger partial charge in [-0.1, -0.05) is 12.1 Å². The van der Waals surface area contributed by atoms with Gasteiger partial charge in [-0.05, 0) is 49.3 Å². The van der Waals surface area contributed by atoms with Crippen molar-refractivity contribution in [2.45, 2.75) is 43.6 Å². The van der Waals surface area contributed by atoms with Gasteiger partial charge in [-0.2, -0.15) is 0 Å². The fourth-order valence-electron chi connectivity index (χ4n) is 3.03. The van der Waals surface area contributed by atoms with Crippen LogP contribution in [0.15, 0.2) is 24.3 Å². The number of carbonyl (C=O) groups excluding carboxylic acids is 1. The standard InChI is InChI=1S/C16H23NO3/c1-19-15(18)11-16(20-2)9-7-13(8-10-16)12-3-5-14(17)6-4-12/h3-6,13H,7-11,17H2,1-2H3. The zero-order chi connectivity index (χ0) is 14.6. The molecule has 0 heterocycles. The average Bonchev–Trinajstić information content (AvgIpc) is 2.49. The smallest absolute Gasteiger partial charge is 0.308 e. The molecule has 1 aromatic carbocycles. The molecule has 0 saturated heterocycles. The lowest BCUT2D eigenvalue weighted by molar-refractivity contribution is -0.149. The predicted molar refractivity (Wildman–Crippen MR) is 78.4 cm³/mol. The van der Waals surface area contributed by atoms with E-state index in [1.165, 1.54) is 12.7 Å². The molecule has 0 aliphatic heterocycles. The lowest BCUT2D eigenvalue weighted by Crippen LogP contribution is -2.38. The van der Waals surface area contributed by atoms with Crippen molar-refractivity contribution in [3.8, 4) is 0 Å². The molecule has 20 heavy (non-hydrogen) atoms. The highest BCUT2D eigenvalue weighted by molar-refractivity contribution is 5.70. The Labute approximate surface area is 120 Å². The highest BCUT2D eigenvalue weighted by atomic mass is 16.5. The SMILES string of the molecule is COC(=O)CC1(OC)CCC(c2ccc(N)cc2)CC1. The molecule has 4 nitrogen and oxygen atoms in total. The first-order valence-corrected chi connectivity index (χ1v) is 7.06. The summed E-state index contributed by atoms with van der Waals surface area (Å²) in [6, 6.07) is 8.09. The Bertz CT molecular complexity index is 447. The van der Waals surface area contributed by atoms with Crippen molar-refractivity contribution in [2.24, 2.45) is 0 Å². The molecule has 0 unspecified atom stereocenters. The maximum absolute atomic E-state index is 11.5. The molecule has 2 rings (SSSR count). The van der Waals surface area contributed by atoms with Crippen LogP contribution in [-0.4, -0.2) is 25.8 Å². The minimum atomic E-state index is -0.350. The summed E-state index contributed by atoms with van der Waals surface area (Å²) in [5.74, 6) is 0.328. The van der Waals surface area contributed by atoms with Gasteiger partial charge in [-0.3, -0.25) is 4.79 Å². The van der Waals surface area contributed by atoms with Crippen LogP contribution < -0.4 is 5.73 Å². The molecule has 1 fully saturated rings. The first-order valence-electron chi connectivity index (χ1n) is 7.06. The van der Waals surface area contributed by atoms with E-state index in [4.69, 9.17) is 15.2 Å². The van der Waals surface area contributed by atoms with E-state index in [2.05, 4.69) is 12.1 Å². The van der Waals surface area contributed by atoms with Crippen molar-refractivity contribution >= 4 is 11.7 Å². The molecule has 0 spiro atoms. The molecule has 4 heteroatoms. The first kappa shape index (κ1) is 14.9. The number of anilines is 1. The Kier molecular flexibility index (Phi) is 4.65. The second-order valence-electron chi connectivity index (χ2n) is 5.58. The molecule has 0 amide bonds. The minimum Gasteiger partial charge on any atom is -0.469 e. The fourth-order valence-corrected chi connectivity index (χ4v) is 3.03. The number of nitrogen functional groups attached to an aromatic ring is 1. The summed E-state index contributed by atoms with van der Waals surface area (Å²) >= 11 is 0. The molecular formula is C16H23NO3. The van der Waals surface area contributed by atoms with E-state index in [9.17, 15) is 4.79 Å². The number of methoxy groups -OCH3 is 2. The molecule has 0 radical (unpaired) electrons. The summed E-state index contributed by atoms with van der Waals surface area (Å²) in [5.41, 5.74) is 7.48. The van der Waals surface area contributed by atoms with E-state index in [-0.39, 0.29) is 11.6 Å². The van der Waals surface area contributed by atoms with Gasteiger partial charge < -0.3 is 15.2 Å². The number of hydrogen-bond acceptors (Lipinski definition) is 4. The maximum Gasteiger partial charge on any atom is 0.308 e. The number of ether oxygens (including phenoxy) is 2. The third-order valence-electron chi connectivity index (χ3n) is 4.43. The third-order valence-corrected chi connectivity index (χ3v) is 4.43. The Morgan fingerprint density at radius 1 is 1.25 bits per heavy atom. The van der Waals surface area contributed by atoms with Crippen LogP contribution in [0.5, 0.6) is 0 Å². The Hall–Kier alpha value is -1.55. The summed E-state index contributed by atoms with van der Waals surface area (Å²) in [6.07, 6.45) is 4.15. The summed E-state index contributed by atoms with van der Waals surface area (Å²) in [5, 5.41) is 0. The van der Waals surface area contributed by atoms with Gasteiger partial charge >= 0.3 is 5.97 Å². The van der Waals surface area contributed by atoms with Crippen molar-refractivity contribution < 1.29 is 14.3 Å². The van der Waals surface area contributed by atoms with E-state index in [1.54, 1.807) is 7.11 Å². The average molecular weight is 277 g/mol. The third kappa shape index (κ3) is 3.31. The zero-order valence-electron chi connectivity index (χ0n) is 12.2. The lowest BCUT2D eigenvalue weighted by atomic mass is 9.74. The largest absolute Gasteiger partial charge is 0.469 e. The van der Waals surface area contributed by atoms with Crippen LogP contribution in [0, 0.1) is 0 Å². The van der Waals surface area contributed by atoms with Crippen molar-refractivity contribution in [3.05, 3.63) is 29.8 Å². The van der Waals surface area contributed by atoms with E-state index in [0.29, 0.717) is 12.3 Å². The highest BCUT2D eigenvalue weighted by Crippen LogP contribution is 2.41. The number of hydrogen-bond donors (Lipinski definition) is 1. The minimum absolute atomic E-state index is 0.196. The van der Waals surface area contributed by atoms with Gasteiger partial charge in [0.2, 0.25) is 0 Å². The van der Waals surface area contributed by atoms with Crippen LogP contribution in [0.25, 0.3) is 0 Å². The molecule has 1 aromatic rings. The van der Waals surface area contributed by atoms with Gasteiger partial charge in [0.15, 0.2) is 0 Å². The summed E-state index contributed by atoms with van der Waals surface area (Å²) in [6.45, 7) is 0. The molecule has 1 aliphatic carbocycles. The van der Waals surface area contributed by atoms with Crippen molar-refractivity contribution in [1.29, 1.82) is 0 Å². The lowest BCUT2D eigenvalue weighted by Gasteiger charge is -2.38. The van der Waals surface area contributed by atoms with Crippen LogP contribution in [0.3, 0.4) is 0 Å². The number of esters is 1. The van der Waals surface area contributed by atoms with Crippen molar-refractivity contribution in [2.75, 3.05) is 20.0 Å². The summed E-state index contributed by atoms with van der Waals surface area (Å²) < 4.78 is 10.4. The normalized spacial score (nSPS) is 26.2. The van der Waals surface area contributed by atoms with Crippen LogP contribution in [0.1, 0.15) is 43.6 Å². The van der Waals surface area contributed by atoms with Gasteiger partial charge in [0.1, 0.15) is 0 Å². The molecule has 110 valence electrons. The van der Waals surface area contributed by atoms with Crippen LogP contribution in [0.4, 0.5) is 5.69 Å². The van der Waals surface area contributed by atoms with Gasteiger partial charge in [0.05, 0.1) is 19.1 Å². The number of rotatable bonds is 4.